The van der Waals surface area contributed by atoms with E-state index in [4.69, 9.17) is 21.1 Å². The number of anilines is 2. The molecule has 0 saturated heterocycles. The molecule has 0 aromatic heterocycles. The van der Waals surface area contributed by atoms with Gasteiger partial charge in [0.05, 0.1) is 20.1 Å². The predicted molar refractivity (Wildman–Crippen MR) is 109 cm³/mol. The number of rotatable bonds is 7. The van der Waals surface area contributed by atoms with Crippen molar-refractivity contribution in [2.75, 3.05) is 37.6 Å². The van der Waals surface area contributed by atoms with Crippen LogP contribution < -0.4 is 15.0 Å². The van der Waals surface area contributed by atoms with Crippen molar-refractivity contribution in [3.8, 4) is 5.75 Å². The van der Waals surface area contributed by atoms with E-state index >= 15 is 0 Å². The molecular weight excluding hydrogens is 380 g/mol. The summed E-state index contributed by atoms with van der Waals surface area (Å²) in [6.45, 7) is 0.996. The standard InChI is InChI=1S/C21H23ClN2O4/c1-27-10-9-24-19-7-5-16(11-15(19)4-8-21(24)26)23-20(25)12-14-3-6-17(28-2)13-18(14)22/h3,5-7,11,13H,4,8-10,12H2,1-2H3,(H,23,25). The van der Waals surface area contributed by atoms with E-state index < -0.39 is 0 Å². The highest BCUT2D eigenvalue weighted by molar-refractivity contribution is 6.31. The fourth-order valence-corrected chi connectivity index (χ4v) is 3.48. The summed E-state index contributed by atoms with van der Waals surface area (Å²) in [6, 6.07) is 10.9. The first kappa shape index (κ1) is 20.2. The topological polar surface area (TPSA) is 67.9 Å². The highest BCUT2D eigenvalue weighted by Gasteiger charge is 2.24. The number of nitrogens with one attached hydrogen (secondary N) is 1. The zero-order valence-corrected chi connectivity index (χ0v) is 16.7. The van der Waals surface area contributed by atoms with Crippen molar-refractivity contribution < 1.29 is 19.1 Å². The molecule has 2 amide bonds. The maximum atomic E-state index is 12.4. The van der Waals surface area contributed by atoms with Gasteiger partial charge in [-0.05, 0) is 47.9 Å². The summed E-state index contributed by atoms with van der Waals surface area (Å²) in [5.74, 6) is 0.585. The Morgan fingerprint density at radius 1 is 1.18 bits per heavy atom. The maximum absolute atomic E-state index is 12.4. The molecule has 7 heteroatoms. The molecule has 2 aromatic rings. The number of carbonyl (C=O) groups is 2. The Bertz CT molecular complexity index is 885. The first-order valence-electron chi connectivity index (χ1n) is 9.06. The molecule has 28 heavy (non-hydrogen) atoms. The molecule has 0 unspecified atom stereocenters. The van der Waals surface area contributed by atoms with E-state index in [2.05, 4.69) is 5.32 Å². The molecular formula is C21H23ClN2O4. The van der Waals surface area contributed by atoms with E-state index in [-0.39, 0.29) is 18.2 Å². The molecule has 3 rings (SSSR count). The lowest BCUT2D eigenvalue weighted by atomic mass is 10.0. The van der Waals surface area contributed by atoms with Gasteiger partial charge in [-0.2, -0.15) is 0 Å². The Kier molecular flexibility index (Phi) is 6.54. The van der Waals surface area contributed by atoms with E-state index in [0.717, 1.165) is 16.8 Å². The molecule has 148 valence electrons. The van der Waals surface area contributed by atoms with Gasteiger partial charge in [0.2, 0.25) is 11.8 Å². The first-order valence-corrected chi connectivity index (χ1v) is 9.44. The summed E-state index contributed by atoms with van der Waals surface area (Å²) in [5, 5.41) is 3.40. The largest absolute Gasteiger partial charge is 0.497 e. The summed E-state index contributed by atoms with van der Waals surface area (Å²) in [7, 11) is 3.18. The molecule has 0 atom stereocenters. The van der Waals surface area contributed by atoms with Crippen LogP contribution in [0, 0.1) is 0 Å². The number of ether oxygens (including phenoxy) is 2. The quantitative estimate of drug-likeness (QED) is 0.770. The van der Waals surface area contributed by atoms with Gasteiger partial charge < -0.3 is 19.7 Å². The molecule has 0 saturated carbocycles. The monoisotopic (exact) mass is 402 g/mol. The van der Waals surface area contributed by atoms with Crippen LogP contribution >= 0.6 is 11.6 Å². The van der Waals surface area contributed by atoms with E-state index in [0.29, 0.717) is 42.5 Å². The van der Waals surface area contributed by atoms with Gasteiger partial charge in [-0.25, -0.2) is 0 Å². The van der Waals surface area contributed by atoms with Gasteiger partial charge in [0.25, 0.3) is 0 Å². The highest BCUT2D eigenvalue weighted by Crippen LogP contribution is 2.30. The van der Waals surface area contributed by atoms with Crippen LogP contribution in [-0.4, -0.2) is 39.2 Å². The summed E-state index contributed by atoms with van der Waals surface area (Å²) in [6.07, 6.45) is 1.28. The minimum Gasteiger partial charge on any atom is -0.497 e. The average Bonchev–Trinajstić information content (AvgIpc) is 2.69. The number of aryl methyl sites for hydroxylation is 1. The summed E-state index contributed by atoms with van der Waals surface area (Å²) in [4.78, 5) is 26.4. The third-order valence-corrected chi connectivity index (χ3v) is 5.05. The number of halogens is 1. The SMILES string of the molecule is COCCN1C(=O)CCc2cc(NC(=O)Cc3ccc(OC)cc3Cl)ccc21. The number of hydrogen-bond acceptors (Lipinski definition) is 4. The number of hydrogen-bond donors (Lipinski definition) is 1. The third kappa shape index (κ3) is 4.64. The zero-order valence-electron chi connectivity index (χ0n) is 16.0. The lowest BCUT2D eigenvalue weighted by Gasteiger charge is -2.29. The van der Waals surface area contributed by atoms with Crippen LogP contribution in [0.5, 0.6) is 5.75 Å². The van der Waals surface area contributed by atoms with Crippen LogP contribution in [0.15, 0.2) is 36.4 Å². The van der Waals surface area contributed by atoms with Gasteiger partial charge in [0.1, 0.15) is 5.75 Å². The smallest absolute Gasteiger partial charge is 0.228 e. The van der Waals surface area contributed by atoms with Crippen molar-refractivity contribution in [3.63, 3.8) is 0 Å². The van der Waals surface area contributed by atoms with Crippen LogP contribution in [0.4, 0.5) is 11.4 Å². The van der Waals surface area contributed by atoms with Crippen LogP contribution in [0.3, 0.4) is 0 Å². The molecule has 1 N–H and O–H groups in total. The number of carbonyl (C=O) groups excluding carboxylic acids is 2. The second kappa shape index (κ2) is 9.08. The maximum Gasteiger partial charge on any atom is 0.228 e. The molecule has 0 aliphatic carbocycles. The first-order chi connectivity index (χ1) is 13.5. The van der Waals surface area contributed by atoms with Crippen LogP contribution in [0.25, 0.3) is 0 Å². The molecule has 2 aromatic carbocycles. The van der Waals surface area contributed by atoms with Crippen LogP contribution in [0.1, 0.15) is 17.5 Å². The second-order valence-electron chi connectivity index (χ2n) is 6.56. The fourth-order valence-electron chi connectivity index (χ4n) is 3.24. The summed E-state index contributed by atoms with van der Waals surface area (Å²) in [5.41, 5.74) is 3.35. The second-order valence-corrected chi connectivity index (χ2v) is 6.97. The molecule has 0 radical (unpaired) electrons. The van der Waals surface area contributed by atoms with Crippen molar-refractivity contribution in [1.82, 2.24) is 0 Å². The molecule has 1 aliphatic rings. The predicted octanol–water partition coefficient (Wildman–Crippen LogP) is 3.46. The van der Waals surface area contributed by atoms with Crippen molar-refractivity contribution in [3.05, 3.63) is 52.5 Å². The number of nitrogens with zero attached hydrogens (tertiary/aromatic N) is 1. The van der Waals surface area contributed by atoms with Crippen molar-refractivity contribution in [2.45, 2.75) is 19.3 Å². The Labute approximate surface area is 169 Å². The lowest BCUT2D eigenvalue weighted by molar-refractivity contribution is -0.119. The molecule has 0 spiro atoms. The number of amides is 2. The average molecular weight is 403 g/mol. The van der Waals surface area contributed by atoms with Crippen LogP contribution in [-0.2, 0) is 27.2 Å². The van der Waals surface area contributed by atoms with Crippen molar-refractivity contribution in [1.29, 1.82) is 0 Å². The van der Waals surface area contributed by atoms with E-state index in [1.807, 2.05) is 18.2 Å². The van der Waals surface area contributed by atoms with E-state index in [1.165, 1.54) is 0 Å². The Balaban J connectivity index is 1.70. The fraction of sp³-hybridized carbons (Fsp3) is 0.333. The van der Waals surface area contributed by atoms with Gasteiger partial charge in [-0.1, -0.05) is 17.7 Å². The molecule has 6 nitrogen and oxygen atoms in total. The zero-order chi connectivity index (χ0) is 20.1. The van der Waals surface area contributed by atoms with Gasteiger partial charge in [0.15, 0.2) is 0 Å². The number of methoxy groups -OCH3 is 2. The van der Waals surface area contributed by atoms with Gasteiger partial charge >= 0.3 is 0 Å². The molecule has 1 aliphatic heterocycles. The molecule has 1 heterocycles. The highest BCUT2D eigenvalue weighted by atomic mass is 35.5. The van der Waals surface area contributed by atoms with Gasteiger partial charge in [-0.15, -0.1) is 0 Å². The Morgan fingerprint density at radius 3 is 2.71 bits per heavy atom. The third-order valence-electron chi connectivity index (χ3n) is 4.69. The normalized spacial score (nSPS) is 13.2. The van der Waals surface area contributed by atoms with Crippen LogP contribution in [0.2, 0.25) is 5.02 Å². The van der Waals surface area contributed by atoms with E-state index in [1.54, 1.807) is 37.3 Å². The summed E-state index contributed by atoms with van der Waals surface area (Å²) < 4.78 is 10.2. The molecule has 0 bridgehead atoms. The van der Waals surface area contributed by atoms with E-state index in [9.17, 15) is 9.59 Å². The lowest BCUT2D eigenvalue weighted by Crippen LogP contribution is -2.37. The van der Waals surface area contributed by atoms with Crippen molar-refractivity contribution in [2.24, 2.45) is 0 Å². The number of fused-ring (bicyclic) bond motifs is 1. The van der Waals surface area contributed by atoms with Gasteiger partial charge in [-0.3, -0.25) is 9.59 Å². The summed E-state index contributed by atoms with van der Waals surface area (Å²) >= 11 is 6.21. The number of benzene rings is 2. The Hall–Kier alpha value is -2.57. The molecule has 0 fully saturated rings. The minimum absolute atomic E-state index is 0.0930. The minimum atomic E-state index is -0.157. The Morgan fingerprint density at radius 2 is 2.00 bits per heavy atom. The van der Waals surface area contributed by atoms with Crippen molar-refractivity contribution >= 4 is 34.8 Å². The van der Waals surface area contributed by atoms with Gasteiger partial charge in [0, 0.05) is 36.5 Å².